The van der Waals surface area contributed by atoms with E-state index in [1.165, 1.54) is 19.3 Å². The third kappa shape index (κ3) is 5.25. The van der Waals surface area contributed by atoms with E-state index in [1.807, 2.05) is 18.2 Å². The van der Waals surface area contributed by atoms with Crippen molar-refractivity contribution in [1.82, 2.24) is 5.32 Å². The summed E-state index contributed by atoms with van der Waals surface area (Å²) >= 11 is 6.17. The molecule has 0 aromatic heterocycles. The Morgan fingerprint density at radius 3 is 2.55 bits per heavy atom. The van der Waals surface area contributed by atoms with Crippen molar-refractivity contribution in [1.29, 1.82) is 0 Å². The molecule has 3 aliphatic rings. The number of benzene rings is 1. The van der Waals surface area contributed by atoms with Gasteiger partial charge in [0.05, 0.1) is 12.8 Å². The highest BCUT2D eigenvalue weighted by Gasteiger charge is 2.41. The van der Waals surface area contributed by atoms with Crippen molar-refractivity contribution in [2.75, 3.05) is 25.1 Å². The highest BCUT2D eigenvalue weighted by Crippen LogP contribution is 2.42. The first-order chi connectivity index (χ1) is 13.0. The summed E-state index contributed by atoms with van der Waals surface area (Å²) in [7, 11) is 1.67. The van der Waals surface area contributed by atoms with Crippen LogP contribution < -0.4 is 20.7 Å². The number of ether oxygens (including phenoxy) is 1. The molecule has 3 fully saturated rings. The van der Waals surface area contributed by atoms with E-state index in [9.17, 15) is 4.79 Å². The van der Waals surface area contributed by atoms with Gasteiger partial charge in [0.2, 0.25) is 5.91 Å². The van der Waals surface area contributed by atoms with Gasteiger partial charge >= 0.3 is 0 Å². The lowest BCUT2D eigenvalue weighted by molar-refractivity contribution is -0.128. The van der Waals surface area contributed by atoms with Gasteiger partial charge in [0.1, 0.15) is 5.75 Å². The molecule has 8 heteroatoms. The van der Waals surface area contributed by atoms with Crippen molar-refractivity contribution in [2.45, 2.75) is 50.6 Å². The van der Waals surface area contributed by atoms with Crippen LogP contribution in [0.2, 0.25) is 5.02 Å². The molecule has 1 aromatic rings. The maximum atomic E-state index is 12.9. The van der Waals surface area contributed by atoms with E-state index >= 15 is 0 Å². The normalized spacial score (nSPS) is 30.7. The van der Waals surface area contributed by atoms with Gasteiger partial charge in [-0.1, -0.05) is 18.0 Å². The Labute approximate surface area is 190 Å². The lowest BCUT2D eigenvalue weighted by Gasteiger charge is -2.43. The van der Waals surface area contributed by atoms with Gasteiger partial charge in [0.25, 0.3) is 0 Å². The molecule has 3 atom stereocenters. The fraction of sp³-hybridized carbons (Fsp3) is 0.667. The summed E-state index contributed by atoms with van der Waals surface area (Å²) in [6.07, 6.45) is 6.52. The van der Waals surface area contributed by atoms with Gasteiger partial charge in [-0.2, -0.15) is 0 Å². The van der Waals surface area contributed by atoms with Crippen LogP contribution >= 0.6 is 36.4 Å². The Hall–Kier alpha value is -0.880. The average Bonchev–Trinajstić information content (AvgIpc) is 3.09. The summed E-state index contributed by atoms with van der Waals surface area (Å²) < 4.78 is 5.48. The number of nitrogens with zero attached hydrogens (tertiary/aromatic N) is 1. The van der Waals surface area contributed by atoms with E-state index in [2.05, 4.69) is 10.2 Å². The van der Waals surface area contributed by atoms with Crippen molar-refractivity contribution in [3.63, 3.8) is 0 Å². The van der Waals surface area contributed by atoms with Crippen molar-refractivity contribution in [3.8, 4) is 5.75 Å². The van der Waals surface area contributed by atoms with Crippen LogP contribution in [0, 0.1) is 17.8 Å². The Bertz CT molecular complexity index is 692. The fourth-order valence-corrected chi connectivity index (χ4v) is 5.50. The number of amides is 1. The molecule has 29 heavy (non-hydrogen) atoms. The predicted octanol–water partition coefficient (Wildman–Crippen LogP) is 4.04. The van der Waals surface area contributed by atoms with Crippen LogP contribution in [0.4, 0.5) is 5.69 Å². The molecule has 1 saturated heterocycles. The molecule has 2 saturated carbocycles. The number of hydrogen-bond donors (Lipinski definition) is 2. The number of carbonyl (C=O) groups is 1. The predicted molar refractivity (Wildman–Crippen MR) is 123 cm³/mol. The zero-order valence-corrected chi connectivity index (χ0v) is 19.2. The van der Waals surface area contributed by atoms with Crippen LogP contribution in [0.15, 0.2) is 18.2 Å². The topological polar surface area (TPSA) is 67.6 Å². The van der Waals surface area contributed by atoms with Crippen molar-refractivity contribution < 1.29 is 9.53 Å². The first kappa shape index (κ1) is 24.4. The van der Waals surface area contributed by atoms with Crippen LogP contribution in [0.1, 0.15) is 38.5 Å². The molecule has 0 radical (unpaired) electrons. The second-order valence-electron chi connectivity index (χ2n) is 8.45. The Kier molecular flexibility index (Phi) is 8.77. The van der Waals surface area contributed by atoms with Gasteiger partial charge in [-0.25, -0.2) is 0 Å². The summed E-state index contributed by atoms with van der Waals surface area (Å²) in [4.78, 5) is 15.1. The highest BCUT2D eigenvalue weighted by atomic mass is 35.5. The van der Waals surface area contributed by atoms with Gasteiger partial charge < -0.3 is 20.7 Å². The molecule has 4 rings (SSSR count). The number of hydrogen-bond acceptors (Lipinski definition) is 4. The fourth-order valence-electron chi connectivity index (χ4n) is 5.33. The number of nitrogens with two attached hydrogens (primary N) is 1. The van der Waals surface area contributed by atoms with Gasteiger partial charge in [0.15, 0.2) is 0 Å². The molecule has 1 amide bonds. The van der Waals surface area contributed by atoms with Gasteiger partial charge in [-0.05, 0) is 62.1 Å². The molecule has 0 spiro atoms. The third-order valence-electron chi connectivity index (χ3n) is 6.80. The Balaban J connectivity index is 0.00000150. The average molecular weight is 465 g/mol. The highest BCUT2D eigenvalue weighted by molar-refractivity contribution is 6.30. The minimum atomic E-state index is 0. The van der Waals surface area contributed by atoms with Gasteiger partial charge in [-0.15, -0.1) is 24.8 Å². The van der Waals surface area contributed by atoms with Crippen molar-refractivity contribution in [3.05, 3.63) is 23.2 Å². The van der Waals surface area contributed by atoms with E-state index in [1.54, 1.807) is 7.11 Å². The number of halogens is 3. The number of anilines is 1. The molecule has 3 unspecified atom stereocenters. The number of fused-ring (bicyclic) bond motifs is 2. The van der Waals surface area contributed by atoms with E-state index in [-0.39, 0.29) is 42.7 Å². The number of methoxy groups -OCH3 is 1. The molecular formula is C21H32Cl3N3O2. The maximum Gasteiger partial charge on any atom is 0.223 e. The molecule has 5 nitrogen and oxygen atoms in total. The lowest BCUT2D eigenvalue weighted by atomic mass is 9.65. The van der Waals surface area contributed by atoms with Crippen molar-refractivity contribution in [2.24, 2.45) is 23.5 Å². The van der Waals surface area contributed by atoms with Gasteiger partial charge in [-0.3, -0.25) is 4.79 Å². The van der Waals surface area contributed by atoms with Crippen LogP contribution in [-0.4, -0.2) is 38.2 Å². The quantitative estimate of drug-likeness (QED) is 0.705. The Morgan fingerprint density at radius 1 is 1.21 bits per heavy atom. The summed E-state index contributed by atoms with van der Waals surface area (Å²) in [6, 6.07) is 6.16. The zero-order chi connectivity index (χ0) is 19.0. The molecule has 164 valence electrons. The SMILES string of the molecule is COc1ccc(Cl)cc1N1CCC(NC(=O)C2CC3CCCC(C2)C3N)C1.Cl.Cl. The number of carbonyl (C=O) groups excluding carboxylic acids is 1. The van der Waals surface area contributed by atoms with Crippen LogP contribution in [0.3, 0.4) is 0 Å². The van der Waals surface area contributed by atoms with Crippen LogP contribution in [0.25, 0.3) is 0 Å². The molecule has 2 aliphatic carbocycles. The van der Waals surface area contributed by atoms with E-state index in [0.717, 1.165) is 43.8 Å². The number of rotatable bonds is 4. The monoisotopic (exact) mass is 463 g/mol. The van der Waals surface area contributed by atoms with E-state index in [0.29, 0.717) is 22.9 Å². The first-order valence-corrected chi connectivity index (χ1v) is 10.6. The second-order valence-corrected chi connectivity index (χ2v) is 8.89. The molecule has 1 aromatic carbocycles. The lowest BCUT2D eigenvalue weighted by Crippen LogP contribution is -2.50. The molecule has 1 aliphatic heterocycles. The zero-order valence-electron chi connectivity index (χ0n) is 16.8. The number of nitrogens with one attached hydrogen (secondary N) is 1. The molecule has 2 bridgehead atoms. The van der Waals surface area contributed by atoms with E-state index in [4.69, 9.17) is 22.1 Å². The summed E-state index contributed by atoms with van der Waals surface area (Å²) in [6.45, 7) is 1.68. The second kappa shape index (κ2) is 10.4. The van der Waals surface area contributed by atoms with Crippen molar-refractivity contribution >= 4 is 48.0 Å². The minimum absolute atomic E-state index is 0. The molecule has 1 heterocycles. The van der Waals surface area contributed by atoms with Crippen LogP contribution in [0.5, 0.6) is 5.75 Å². The largest absolute Gasteiger partial charge is 0.495 e. The maximum absolute atomic E-state index is 12.9. The third-order valence-corrected chi connectivity index (χ3v) is 7.04. The smallest absolute Gasteiger partial charge is 0.223 e. The van der Waals surface area contributed by atoms with Crippen LogP contribution in [-0.2, 0) is 4.79 Å². The summed E-state index contributed by atoms with van der Waals surface area (Å²) in [5.41, 5.74) is 7.37. The first-order valence-electron chi connectivity index (χ1n) is 10.2. The van der Waals surface area contributed by atoms with Gasteiger partial charge in [0, 0.05) is 36.1 Å². The van der Waals surface area contributed by atoms with E-state index < -0.39 is 0 Å². The minimum Gasteiger partial charge on any atom is -0.495 e. The summed E-state index contributed by atoms with van der Waals surface area (Å²) in [5, 5.41) is 4.01. The molecular weight excluding hydrogens is 433 g/mol. The summed E-state index contributed by atoms with van der Waals surface area (Å²) in [5.74, 6) is 2.24. The molecule has 3 N–H and O–H groups in total. The Morgan fingerprint density at radius 2 is 1.90 bits per heavy atom. The standard InChI is InChI=1S/C21H30ClN3O2.2ClH/c1-27-19-6-5-16(22)11-18(19)25-8-7-17(12-25)24-21(26)15-9-13-3-2-4-14(10-15)20(13)23;;/h5-6,11,13-15,17,20H,2-4,7-10,12,23H2,1H3,(H,24,26);2*1H.